The molecule has 1 aliphatic rings. The molecule has 20 heavy (non-hydrogen) atoms. The Morgan fingerprint density at radius 3 is 2.25 bits per heavy atom. The topological polar surface area (TPSA) is 46.6 Å². The van der Waals surface area contributed by atoms with Crippen LogP contribution in [0.5, 0.6) is 0 Å². The minimum Gasteiger partial charge on any atom is -0.367 e. The van der Waals surface area contributed by atoms with Gasteiger partial charge in [-0.2, -0.15) is 4.31 Å². The molecule has 0 aliphatic carbocycles. The molecule has 114 valence electrons. The van der Waals surface area contributed by atoms with Crippen molar-refractivity contribution in [1.82, 2.24) is 4.31 Å². The van der Waals surface area contributed by atoms with Gasteiger partial charge in [-0.05, 0) is 39.8 Å². The molecule has 0 bridgehead atoms. The third-order valence-corrected chi connectivity index (χ3v) is 6.82. The molecule has 0 spiro atoms. The van der Waals surface area contributed by atoms with Crippen LogP contribution in [0.25, 0.3) is 0 Å². The molecule has 1 aromatic rings. The second-order valence-corrected chi connectivity index (χ2v) is 9.85. The molecule has 0 radical (unpaired) electrons. The Kier molecular flexibility index (Phi) is 4.26. The molecule has 1 fully saturated rings. The summed E-state index contributed by atoms with van der Waals surface area (Å²) in [5.74, 6) is 0.334. The summed E-state index contributed by atoms with van der Waals surface area (Å²) in [7, 11) is -3.48. The number of nitrogens with zero attached hydrogens (tertiary/aromatic N) is 1. The second-order valence-electron chi connectivity index (χ2n) is 6.25. The van der Waals surface area contributed by atoms with E-state index in [-0.39, 0.29) is 0 Å². The van der Waals surface area contributed by atoms with Gasteiger partial charge in [0, 0.05) is 18.0 Å². The molecule has 0 aromatic carbocycles. The van der Waals surface area contributed by atoms with E-state index in [2.05, 4.69) is 0 Å². The number of morpholine rings is 1. The highest BCUT2D eigenvalue weighted by Gasteiger charge is 2.43. The summed E-state index contributed by atoms with van der Waals surface area (Å²) in [6, 6.07) is 3.40. The Hall–Kier alpha value is -0.140. The van der Waals surface area contributed by atoms with Crippen molar-refractivity contribution >= 4 is 33.0 Å². The molecule has 0 amide bonds. The fourth-order valence-corrected chi connectivity index (χ4v) is 5.94. The zero-order valence-electron chi connectivity index (χ0n) is 12.1. The maximum Gasteiger partial charge on any atom is 0.252 e. The van der Waals surface area contributed by atoms with E-state index in [4.69, 9.17) is 16.3 Å². The number of thiophene rings is 1. The van der Waals surface area contributed by atoms with Crippen LogP contribution in [0.1, 0.15) is 32.6 Å². The van der Waals surface area contributed by atoms with Gasteiger partial charge in [-0.15, -0.1) is 22.9 Å². The second kappa shape index (κ2) is 5.25. The van der Waals surface area contributed by atoms with Crippen molar-refractivity contribution in [3.05, 3.63) is 17.0 Å². The monoisotopic (exact) mass is 337 g/mol. The van der Waals surface area contributed by atoms with Crippen LogP contribution >= 0.6 is 22.9 Å². The molecule has 4 nitrogen and oxygen atoms in total. The van der Waals surface area contributed by atoms with E-state index in [1.807, 2.05) is 27.7 Å². The summed E-state index contributed by atoms with van der Waals surface area (Å²) in [6.45, 7) is 8.36. The van der Waals surface area contributed by atoms with Gasteiger partial charge in [0.1, 0.15) is 4.21 Å². The molecule has 2 heterocycles. The first kappa shape index (κ1) is 16.2. The molecule has 0 N–H and O–H groups in total. The van der Waals surface area contributed by atoms with E-state index < -0.39 is 21.2 Å². The molecule has 0 atom stereocenters. The first-order valence-corrected chi connectivity index (χ1v) is 9.20. The van der Waals surface area contributed by atoms with Crippen molar-refractivity contribution < 1.29 is 13.2 Å². The molecule has 1 aromatic heterocycles. The minimum absolute atomic E-state index is 0.334. The van der Waals surface area contributed by atoms with Gasteiger partial charge in [-0.3, -0.25) is 0 Å². The summed E-state index contributed by atoms with van der Waals surface area (Å²) in [5.41, 5.74) is -0.997. The van der Waals surface area contributed by atoms with Crippen LogP contribution in [0, 0.1) is 0 Å². The zero-order valence-corrected chi connectivity index (χ0v) is 14.5. The Balaban J connectivity index is 2.33. The standard InChI is InChI=1S/C13H20ClNO3S2/c1-12(2)8-15(9-13(3,4)18-12)20(16,17)11-6-5-10(7-14)19-11/h5-6H,7-9H2,1-4H3. The van der Waals surface area contributed by atoms with Crippen LogP contribution in [0.2, 0.25) is 0 Å². The molecule has 0 unspecified atom stereocenters. The normalized spacial score (nSPS) is 22.9. The maximum atomic E-state index is 12.7. The first-order valence-electron chi connectivity index (χ1n) is 6.41. The lowest BCUT2D eigenvalue weighted by molar-refractivity contribution is -0.163. The van der Waals surface area contributed by atoms with Crippen molar-refractivity contribution in [3.8, 4) is 0 Å². The highest BCUT2D eigenvalue weighted by molar-refractivity contribution is 7.91. The number of alkyl halides is 1. The van der Waals surface area contributed by atoms with Crippen LogP contribution in [0.3, 0.4) is 0 Å². The van der Waals surface area contributed by atoms with E-state index in [0.717, 1.165) is 4.88 Å². The quantitative estimate of drug-likeness (QED) is 0.796. The predicted octanol–water partition coefficient (Wildman–Crippen LogP) is 3.07. The summed E-state index contributed by atoms with van der Waals surface area (Å²) < 4.78 is 33.2. The van der Waals surface area contributed by atoms with Crippen molar-refractivity contribution in [2.75, 3.05) is 13.1 Å². The van der Waals surface area contributed by atoms with Crippen molar-refractivity contribution in [1.29, 1.82) is 0 Å². The van der Waals surface area contributed by atoms with Crippen LogP contribution in [0.4, 0.5) is 0 Å². The van der Waals surface area contributed by atoms with Crippen LogP contribution in [-0.4, -0.2) is 37.0 Å². The fraction of sp³-hybridized carbons (Fsp3) is 0.692. The molecular weight excluding hydrogens is 318 g/mol. The van der Waals surface area contributed by atoms with Crippen LogP contribution in [0.15, 0.2) is 16.3 Å². The largest absolute Gasteiger partial charge is 0.367 e. The Morgan fingerprint density at radius 1 is 1.25 bits per heavy atom. The first-order chi connectivity index (χ1) is 9.06. The van der Waals surface area contributed by atoms with Gasteiger partial charge in [-0.25, -0.2) is 8.42 Å². The molecule has 2 rings (SSSR count). The van der Waals surface area contributed by atoms with Gasteiger partial charge in [-0.1, -0.05) is 0 Å². The van der Waals surface area contributed by atoms with Crippen molar-refractivity contribution in [2.45, 2.75) is 49.0 Å². The average molecular weight is 338 g/mol. The van der Waals surface area contributed by atoms with Crippen molar-refractivity contribution in [3.63, 3.8) is 0 Å². The molecule has 1 saturated heterocycles. The lowest BCUT2D eigenvalue weighted by Crippen LogP contribution is -2.58. The zero-order chi connectivity index (χ0) is 15.2. The highest BCUT2D eigenvalue weighted by Crippen LogP contribution is 2.33. The number of halogens is 1. The number of sulfonamides is 1. The smallest absolute Gasteiger partial charge is 0.252 e. The Labute approximate surface area is 129 Å². The Morgan fingerprint density at radius 2 is 1.80 bits per heavy atom. The van der Waals surface area contributed by atoms with Crippen molar-refractivity contribution in [2.24, 2.45) is 0 Å². The van der Waals surface area contributed by atoms with E-state index in [1.165, 1.54) is 15.6 Å². The van der Waals surface area contributed by atoms with E-state index in [0.29, 0.717) is 23.2 Å². The molecule has 0 saturated carbocycles. The fourth-order valence-electron chi connectivity index (χ4n) is 2.58. The van der Waals surface area contributed by atoms with Gasteiger partial charge in [0.15, 0.2) is 0 Å². The lowest BCUT2D eigenvalue weighted by Gasteiger charge is -2.46. The highest BCUT2D eigenvalue weighted by atomic mass is 35.5. The van der Waals surface area contributed by atoms with Gasteiger partial charge in [0.25, 0.3) is 10.0 Å². The summed E-state index contributed by atoms with van der Waals surface area (Å²) in [4.78, 5) is 0.858. The van der Waals surface area contributed by atoms with Gasteiger partial charge < -0.3 is 4.74 Å². The van der Waals surface area contributed by atoms with Gasteiger partial charge in [0.05, 0.1) is 17.1 Å². The lowest BCUT2D eigenvalue weighted by atomic mass is 10.0. The molecule has 1 aliphatic heterocycles. The third-order valence-electron chi connectivity index (χ3n) is 3.03. The van der Waals surface area contributed by atoms with Crippen LogP contribution in [-0.2, 0) is 20.6 Å². The maximum absolute atomic E-state index is 12.7. The number of hydrogen-bond donors (Lipinski definition) is 0. The average Bonchev–Trinajstić information content (AvgIpc) is 2.73. The molecular formula is C13H20ClNO3S2. The number of hydrogen-bond acceptors (Lipinski definition) is 4. The summed E-state index contributed by atoms with van der Waals surface area (Å²) in [6.07, 6.45) is 0. The minimum atomic E-state index is -3.48. The molecule has 7 heteroatoms. The van der Waals surface area contributed by atoms with Gasteiger partial charge in [0.2, 0.25) is 0 Å². The summed E-state index contributed by atoms with van der Waals surface area (Å²) in [5, 5.41) is 0. The van der Waals surface area contributed by atoms with E-state index in [1.54, 1.807) is 12.1 Å². The Bertz CT molecular complexity index is 577. The van der Waals surface area contributed by atoms with Crippen LogP contribution < -0.4 is 0 Å². The van der Waals surface area contributed by atoms with E-state index >= 15 is 0 Å². The SMILES string of the molecule is CC1(C)CN(S(=O)(=O)c2ccc(CCl)s2)CC(C)(C)O1. The number of ether oxygens (including phenoxy) is 1. The predicted molar refractivity (Wildman–Crippen MR) is 81.9 cm³/mol. The summed E-state index contributed by atoms with van der Waals surface area (Å²) >= 11 is 6.98. The van der Waals surface area contributed by atoms with E-state index in [9.17, 15) is 8.42 Å². The third kappa shape index (κ3) is 3.36. The van der Waals surface area contributed by atoms with Gasteiger partial charge >= 0.3 is 0 Å². The number of rotatable bonds is 3.